The lowest BCUT2D eigenvalue weighted by molar-refractivity contribution is -0.133. The third-order valence-corrected chi connectivity index (χ3v) is 5.19. The lowest BCUT2D eigenvalue weighted by atomic mass is 9.98. The lowest BCUT2D eigenvalue weighted by Gasteiger charge is -2.22. The highest BCUT2D eigenvalue weighted by molar-refractivity contribution is 5.80. The monoisotopic (exact) mass is 437 g/mol. The maximum absolute atomic E-state index is 13.3. The molecule has 0 saturated heterocycles. The summed E-state index contributed by atoms with van der Waals surface area (Å²) in [6.45, 7) is 2.01. The van der Waals surface area contributed by atoms with Gasteiger partial charge < -0.3 is 19.5 Å². The number of nitrogens with one attached hydrogen (secondary N) is 1. The van der Waals surface area contributed by atoms with Gasteiger partial charge in [-0.3, -0.25) is 4.79 Å². The van der Waals surface area contributed by atoms with Crippen molar-refractivity contribution in [2.45, 2.75) is 32.1 Å². The molecule has 0 heterocycles. The molecule has 32 heavy (non-hydrogen) atoms. The second kappa shape index (κ2) is 11.3. The maximum atomic E-state index is 13.3. The third kappa shape index (κ3) is 6.56. The molecule has 2 atom stereocenters. The molecule has 1 N–H and O–H groups in total. The summed E-state index contributed by atoms with van der Waals surface area (Å²) in [6.07, 6.45) is -0.142. The Hall–Kier alpha value is -3.38. The quantitative estimate of drug-likeness (QED) is 0.493. The van der Waals surface area contributed by atoms with Crippen LogP contribution in [0, 0.1) is 5.82 Å². The van der Waals surface area contributed by atoms with Gasteiger partial charge in [0.2, 0.25) is 5.91 Å². The van der Waals surface area contributed by atoms with Crippen LogP contribution in [0.4, 0.5) is 4.39 Å². The van der Waals surface area contributed by atoms with Gasteiger partial charge in [0.15, 0.2) is 0 Å². The van der Waals surface area contributed by atoms with Gasteiger partial charge in [0, 0.05) is 0 Å². The first-order valence-electron chi connectivity index (χ1n) is 10.4. The van der Waals surface area contributed by atoms with Crippen LogP contribution in [0.2, 0.25) is 0 Å². The Morgan fingerprint density at radius 1 is 0.906 bits per heavy atom. The van der Waals surface area contributed by atoms with Gasteiger partial charge >= 0.3 is 0 Å². The van der Waals surface area contributed by atoms with Crippen molar-refractivity contribution >= 4 is 5.91 Å². The number of carbonyl (C=O) groups excluding carboxylic acids is 1. The number of rotatable bonds is 10. The number of amides is 1. The predicted molar refractivity (Wildman–Crippen MR) is 121 cm³/mol. The van der Waals surface area contributed by atoms with Crippen LogP contribution in [0.15, 0.2) is 72.8 Å². The first-order chi connectivity index (χ1) is 15.5. The molecule has 6 heteroatoms. The number of methoxy groups -OCH3 is 2. The van der Waals surface area contributed by atoms with Crippen molar-refractivity contribution in [3.05, 3.63) is 95.3 Å². The van der Waals surface area contributed by atoms with E-state index < -0.39 is 6.10 Å². The summed E-state index contributed by atoms with van der Waals surface area (Å²) < 4.78 is 29.6. The van der Waals surface area contributed by atoms with Crippen LogP contribution < -0.4 is 14.8 Å². The van der Waals surface area contributed by atoms with Crippen molar-refractivity contribution in [1.29, 1.82) is 0 Å². The van der Waals surface area contributed by atoms with E-state index in [-0.39, 0.29) is 24.4 Å². The zero-order valence-electron chi connectivity index (χ0n) is 18.5. The van der Waals surface area contributed by atoms with E-state index in [1.165, 1.54) is 12.1 Å². The van der Waals surface area contributed by atoms with Crippen LogP contribution >= 0.6 is 0 Å². The third-order valence-electron chi connectivity index (χ3n) is 5.19. The first kappa shape index (κ1) is 23.3. The van der Waals surface area contributed by atoms with E-state index in [9.17, 15) is 9.18 Å². The molecular formula is C26H28FNO4. The van der Waals surface area contributed by atoms with E-state index in [0.717, 1.165) is 28.2 Å². The standard InChI is InChI=1S/C26H28FNO4/c1-18(32-17-20-5-4-6-24(15-20)31-3)26(29)28-25(16-19-7-11-22(27)12-8-19)21-9-13-23(30-2)14-10-21/h4-15,18,25H,16-17H2,1-3H3,(H,28,29). The van der Waals surface area contributed by atoms with Crippen molar-refractivity contribution in [3.8, 4) is 11.5 Å². The van der Waals surface area contributed by atoms with Gasteiger partial charge in [-0.15, -0.1) is 0 Å². The number of ether oxygens (including phenoxy) is 3. The number of carbonyl (C=O) groups is 1. The molecule has 0 fully saturated rings. The number of hydrogen-bond acceptors (Lipinski definition) is 4. The van der Waals surface area contributed by atoms with Crippen LogP contribution in [-0.2, 0) is 22.6 Å². The highest BCUT2D eigenvalue weighted by atomic mass is 19.1. The maximum Gasteiger partial charge on any atom is 0.249 e. The van der Waals surface area contributed by atoms with Gasteiger partial charge in [-0.2, -0.15) is 0 Å². The topological polar surface area (TPSA) is 56.8 Å². The first-order valence-corrected chi connectivity index (χ1v) is 10.4. The molecule has 2 unspecified atom stereocenters. The van der Waals surface area contributed by atoms with E-state index in [1.807, 2.05) is 48.5 Å². The molecule has 0 aliphatic heterocycles. The van der Waals surface area contributed by atoms with Crippen LogP contribution in [0.25, 0.3) is 0 Å². The van der Waals surface area contributed by atoms with Crippen LogP contribution in [-0.4, -0.2) is 26.2 Å². The van der Waals surface area contributed by atoms with E-state index in [4.69, 9.17) is 14.2 Å². The largest absolute Gasteiger partial charge is 0.497 e. The molecule has 0 bridgehead atoms. The minimum atomic E-state index is -0.657. The molecule has 3 aromatic carbocycles. The van der Waals surface area contributed by atoms with Crippen molar-refractivity contribution in [2.24, 2.45) is 0 Å². The Morgan fingerprint density at radius 2 is 1.59 bits per heavy atom. The summed E-state index contributed by atoms with van der Waals surface area (Å²) >= 11 is 0. The molecule has 3 aromatic rings. The Balaban J connectivity index is 1.68. The Labute approximate surface area is 188 Å². The van der Waals surface area contributed by atoms with Crippen LogP contribution in [0.5, 0.6) is 11.5 Å². The second-order valence-electron chi connectivity index (χ2n) is 7.47. The fourth-order valence-corrected chi connectivity index (χ4v) is 3.29. The average molecular weight is 438 g/mol. The molecule has 0 spiro atoms. The lowest BCUT2D eigenvalue weighted by Crippen LogP contribution is -2.38. The van der Waals surface area contributed by atoms with Gasteiger partial charge in [-0.1, -0.05) is 36.4 Å². The zero-order chi connectivity index (χ0) is 22.9. The molecule has 0 saturated carbocycles. The molecule has 0 aliphatic carbocycles. The average Bonchev–Trinajstić information content (AvgIpc) is 2.83. The van der Waals surface area contributed by atoms with Crippen molar-refractivity contribution < 1.29 is 23.4 Å². The Kier molecular flexibility index (Phi) is 8.22. The molecule has 0 aromatic heterocycles. The predicted octanol–water partition coefficient (Wildman–Crippen LogP) is 4.85. The van der Waals surface area contributed by atoms with E-state index in [2.05, 4.69) is 5.32 Å². The van der Waals surface area contributed by atoms with Crippen LogP contribution in [0.1, 0.15) is 29.7 Å². The number of hydrogen-bond donors (Lipinski definition) is 1. The summed E-state index contributed by atoms with van der Waals surface area (Å²) in [6, 6.07) is 21.0. The summed E-state index contributed by atoms with van der Waals surface area (Å²) in [4.78, 5) is 12.9. The Bertz CT molecular complexity index is 1010. The van der Waals surface area contributed by atoms with Gasteiger partial charge in [0.05, 0.1) is 26.9 Å². The number of halogens is 1. The Morgan fingerprint density at radius 3 is 2.25 bits per heavy atom. The molecular weight excluding hydrogens is 409 g/mol. The molecule has 0 radical (unpaired) electrons. The van der Waals surface area contributed by atoms with Gasteiger partial charge in [0.1, 0.15) is 23.4 Å². The van der Waals surface area contributed by atoms with Crippen molar-refractivity contribution in [1.82, 2.24) is 5.32 Å². The highest BCUT2D eigenvalue weighted by Gasteiger charge is 2.20. The fourth-order valence-electron chi connectivity index (χ4n) is 3.29. The summed E-state index contributed by atoms with van der Waals surface area (Å²) in [7, 11) is 3.21. The normalized spacial score (nSPS) is 12.6. The minimum absolute atomic E-state index is 0.226. The summed E-state index contributed by atoms with van der Waals surface area (Å²) in [5.74, 6) is 0.951. The van der Waals surface area contributed by atoms with Gasteiger partial charge in [-0.05, 0) is 66.4 Å². The highest BCUT2D eigenvalue weighted by Crippen LogP contribution is 2.22. The summed E-state index contributed by atoms with van der Waals surface area (Å²) in [5.41, 5.74) is 2.75. The SMILES string of the molecule is COc1ccc(C(Cc2ccc(F)cc2)NC(=O)C(C)OCc2cccc(OC)c2)cc1. The minimum Gasteiger partial charge on any atom is -0.497 e. The molecule has 0 aliphatic rings. The van der Waals surface area contributed by atoms with E-state index >= 15 is 0 Å². The zero-order valence-corrected chi connectivity index (χ0v) is 18.5. The van der Waals surface area contributed by atoms with Crippen LogP contribution in [0.3, 0.4) is 0 Å². The van der Waals surface area contributed by atoms with Gasteiger partial charge in [0.25, 0.3) is 0 Å². The van der Waals surface area contributed by atoms with E-state index in [0.29, 0.717) is 6.42 Å². The van der Waals surface area contributed by atoms with Crippen molar-refractivity contribution in [3.63, 3.8) is 0 Å². The second-order valence-corrected chi connectivity index (χ2v) is 7.47. The van der Waals surface area contributed by atoms with Gasteiger partial charge in [-0.25, -0.2) is 4.39 Å². The fraction of sp³-hybridized carbons (Fsp3) is 0.269. The summed E-state index contributed by atoms with van der Waals surface area (Å²) in [5, 5.41) is 3.07. The molecule has 5 nitrogen and oxygen atoms in total. The molecule has 3 rings (SSSR count). The molecule has 168 valence electrons. The smallest absolute Gasteiger partial charge is 0.249 e. The van der Waals surface area contributed by atoms with E-state index in [1.54, 1.807) is 33.3 Å². The molecule has 1 amide bonds. The van der Waals surface area contributed by atoms with Crippen molar-refractivity contribution in [2.75, 3.05) is 14.2 Å². The number of benzene rings is 3.